The summed E-state index contributed by atoms with van der Waals surface area (Å²) in [5.74, 6) is -6.63. The molecule has 3 heterocycles. The Morgan fingerprint density at radius 3 is 2.40 bits per heavy atom. The smallest absolute Gasteiger partial charge is 0.245 e. The largest absolute Gasteiger partial charge is 0.545 e. The van der Waals surface area contributed by atoms with E-state index in [-0.39, 0.29) is 13.0 Å². The van der Waals surface area contributed by atoms with Gasteiger partial charge in [0.1, 0.15) is 32.5 Å². The number of nitrogens with zero attached hydrogens (tertiary/aromatic N) is 3. The number of allylic oxidation sites excluding steroid dienone is 5. The fourth-order valence-electron chi connectivity index (χ4n) is 5.99. The van der Waals surface area contributed by atoms with Crippen LogP contribution in [0.5, 0.6) is 0 Å². The molecule has 0 atom stereocenters. The van der Waals surface area contributed by atoms with Gasteiger partial charge in [0.25, 0.3) is 0 Å². The molecule has 2 fully saturated rings. The van der Waals surface area contributed by atoms with Crippen molar-refractivity contribution in [1.29, 1.82) is 0 Å². The number of rotatable bonds is 4. The number of carbonyl (C=O) groups excluding carboxylic acids is 1. The van der Waals surface area contributed by atoms with Crippen molar-refractivity contribution in [1.82, 2.24) is 0 Å². The Balaban J connectivity index is 0.00000323. The molecular formula is C31H30F3N3O2Si. The van der Waals surface area contributed by atoms with E-state index in [1.54, 1.807) is 0 Å². The molecule has 0 saturated carbocycles. The second kappa shape index (κ2) is 9.93. The monoisotopic (exact) mass is 561 g/mol. The third-order valence-corrected chi connectivity index (χ3v) is 12.0. The summed E-state index contributed by atoms with van der Waals surface area (Å²) in [4.78, 5) is 17.5. The highest BCUT2D eigenvalue weighted by atomic mass is 28.3. The van der Waals surface area contributed by atoms with Crippen LogP contribution in [0.15, 0.2) is 47.2 Å². The van der Waals surface area contributed by atoms with Gasteiger partial charge in [-0.3, -0.25) is 0 Å². The fraction of sp³-hybridized carbons (Fsp3) is 0.323. The Morgan fingerprint density at radius 1 is 1.10 bits per heavy atom. The van der Waals surface area contributed by atoms with Crippen LogP contribution in [0.2, 0.25) is 13.1 Å². The summed E-state index contributed by atoms with van der Waals surface area (Å²) in [6.45, 7) is 14.5. The number of hydrogen-bond donors (Lipinski definition) is 0. The van der Waals surface area contributed by atoms with Crippen molar-refractivity contribution in [3.05, 3.63) is 98.3 Å². The fourth-order valence-corrected chi connectivity index (χ4v) is 9.06. The van der Waals surface area contributed by atoms with Crippen molar-refractivity contribution >= 4 is 36.2 Å². The van der Waals surface area contributed by atoms with Crippen LogP contribution in [0.1, 0.15) is 47.3 Å². The topological polar surface area (TPSA) is 50.7 Å². The third kappa shape index (κ3) is 3.96. The summed E-state index contributed by atoms with van der Waals surface area (Å²) < 4.78 is 48.5. The molecule has 0 radical (unpaired) electrons. The average Bonchev–Trinajstić information content (AvgIpc) is 2.83. The van der Waals surface area contributed by atoms with Crippen molar-refractivity contribution in [2.45, 2.75) is 39.9 Å². The van der Waals surface area contributed by atoms with Gasteiger partial charge in [-0.2, -0.15) is 0 Å². The highest BCUT2D eigenvalue weighted by Gasteiger charge is 2.43. The van der Waals surface area contributed by atoms with E-state index >= 15 is 8.78 Å². The minimum atomic E-state index is -2.43. The Labute approximate surface area is 233 Å². The lowest BCUT2D eigenvalue weighted by Gasteiger charge is -2.40. The first-order valence-corrected chi connectivity index (χ1v) is 16.1. The highest BCUT2D eigenvalue weighted by molar-refractivity contribution is 6.98. The van der Waals surface area contributed by atoms with Gasteiger partial charge in [0, 0.05) is 42.1 Å². The van der Waals surface area contributed by atoms with Crippen molar-refractivity contribution in [3.63, 3.8) is 0 Å². The molecule has 1 aliphatic carbocycles. The van der Waals surface area contributed by atoms with Gasteiger partial charge in [-0.05, 0) is 51.7 Å². The molecule has 206 valence electrons. The van der Waals surface area contributed by atoms with Crippen molar-refractivity contribution in [2.24, 2.45) is 0 Å². The molecule has 40 heavy (non-hydrogen) atoms. The quantitative estimate of drug-likeness (QED) is 0.241. The van der Waals surface area contributed by atoms with Gasteiger partial charge in [0.15, 0.2) is 17.3 Å². The summed E-state index contributed by atoms with van der Waals surface area (Å²) in [5, 5.41) is 14.2. The van der Waals surface area contributed by atoms with E-state index in [4.69, 9.17) is 6.57 Å². The number of benzene rings is 2. The lowest BCUT2D eigenvalue weighted by molar-refractivity contribution is -0.582. The molecule has 4 aliphatic rings. The van der Waals surface area contributed by atoms with Crippen LogP contribution in [0, 0.1) is 24.0 Å². The van der Waals surface area contributed by atoms with E-state index in [1.165, 1.54) is 0 Å². The summed E-state index contributed by atoms with van der Waals surface area (Å²) in [5.41, 5.74) is 0.943. The van der Waals surface area contributed by atoms with Crippen LogP contribution in [0.4, 0.5) is 18.9 Å². The summed E-state index contributed by atoms with van der Waals surface area (Å²) in [6.07, 6.45) is 8.04. The molecule has 0 spiro atoms. The predicted octanol–water partition coefficient (Wildman–Crippen LogP) is 4.36. The van der Waals surface area contributed by atoms with E-state index in [9.17, 15) is 14.3 Å². The van der Waals surface area contributed by atoms with Gasteiger partial charge in [0.05, 0.1) is 12.4 Å². The van der Waals surface area contributed by atoms with Crippen LogP contribution in [-0.4, -0.2) is 50.5 Å². The number of halogens is 3. The molecular weight excluding hydrogens is 531 g/mol. The summed E-state index contributed by atoms with van der Waals surface area (Å²) in [7, 11) is -2.43. The van der Waals surface area contributed by atoms with E-state index in [2.05, 4.69) is 39.6 Å². The van der Waals surface area contributed by atoms with Crippen LogP contribution < -0.4 is 15.2 Å². The Hall–Kier alpha value is -3.90. The number of carbonyl (C=O) groups is 1. The van der Waals surface area contributed by atoms with Crippen LogP contribution in [0.25, 0.3) is 10.4 Å². The molecule has 0 unspecified atom stereocenters. The van der Waals surface area contributed by atoms with Gasteiger partial charge in [-0.1, -0.05) is 26.6 Å². The third-order valence-electron chi connectivity index (χ3n) is 8.44. The second-order valence-corrected chi connectivity index (χ2v) is 15.2. The molecule has 2 aromatic carbocycles. The zero-order chi connectivity index (χ0) is 27.6. The normalized spacial score (nSPS) is 18.6. The summed E-state index contributed by atoms with van der Waals surface area (Å²) >= 11 is 0. The van der Waals surface area contributed by atoms with E-state index in [0.29, 0.717) is 11.1 Å². The summed E-state index contributed by atoms with van der Waals surface area (Å²) in [6, 6.07) is 5.85. The Bertz CT molecular complexity index is 1640. The number of aromatic carboxylic acids is 1. The van der Waals surface area contributed by atoms with Crippen molar-refractivity contribution in [3.8, 4) is 0 Å². The van der Waals surface area contributed by atoms with Gasteiger partial charge < -0.3 is 19.6 Å². The lowest BCUT2D eigenvalue weighted by Crippen LogP contribution is -2.50. The van der Waals surface area contributed by atoms with Crippen molar-refractivity contribution in [2.75, 3.05) is 31.1 Å². The van der Waals surface area contributed by atoms with E-state index < -0.39 is 54.7 Å². The molecule has 0 aromatic heterocycles. The highest BCUT2D eigenvalue weighted by Crippen LogP contribution is 2.45. The van der Waals surface area contributed by atoms with Gasteiger partial charge in [-0.15, -0.1) is 0 Å². The molecule has 5 nitrogen and oxygen atoms in total. The number of carboxylic acid groups (broad SMARTS) is 1. The van der Waals surface area contributed by atoms with Gasteiger partial charge in [-0.25, -0.2) is 24.3 Å². The lowest BCUT2D eigenvalue weighted by atomic mass is 9.85. The van der Waals surface area contributed by atoms with Gasteiger partial charge in [0.2, 0.25) is 6.54 Å². The van der Waals surface area contributed by atoms with Gasteiger partial charge >= 0.3 is 0 Å². The minimum absolute atomic E-state index is 0. The molecule has 2 aromatic rings. The van der Waals surface area contributed by atoms with Crippen LogP contribution in [-0.2, 0) is 6.54 Å². The molecule has 2 saturated heterocycles. The number of carboxylic acids is 1. The number of hydrogen-bond acceptors (Lipinski definition) is 3. The molecule has 0 amide bonds. The molecule has 0 N–H and O–H groups in total. The molecule has 3 aliphatic heterocycles. The predicted molar refractivity (Wildman–Crippen MR) is 151 cm³/mol. The SMILES string of the molecule is C.[C-]#[N+]Cc1c(F)c(F)c(C(=O)[O-])c(C2=C3C=CC(=[N+]4CCC4)C=C3[Si](C)(C)c3cc(N4CCC4)ccc32)c1F. The standard InChI is InChI=1S/C30H26F3N3O2Si.CH4/c1-34-16-21-27(31)25(26(30(37)38)29(33)28(21)32)24-19-8-6-17(35-10-4-11-35)14-22(19)39(2,3)23-15-18(7-9-20(23)24)36-12-5-13-36;/h6-9,14-15H,4-5,10-13,16H2,2-3H3;1H4. The minimum Gasteiger partial charge on any atom is -0.545 e. The molecule has 0 bridgehead atoms. The average molecular weight is 562 g/mol. The van der Waals surface area contributed by atoms with E-state index in [0.717, 1.165) is 60.8 Å². The van der Waals surface area contributed by atoms with Crippen LogP contribution in [0.3, 0.4) is 0 Å². The zero-order valence-electron chi connectivity index (χ0n) is 21.7. The van der Waals surface area contributed by atoms with Crippen LogP contribution >= 0.6 is 0 Å². The molecule has 6 rings (SSSR count). The Kier molecular flexibility index (Phi) is 6.87. The molecule has 9 heteroatoms. The maximum atomic E-state index is 16.2. The first-order chi connectivity index (χ1) is 18.6. The maximum absolute atomic E-state index is 16.2. The number of anilines is 1. The van der Waals surface area contributed by atoms with Crippen molar-refractivity contribution < 1.29 is 27.6 Å². The maximum Gasteiger partial charge on any atom is 0.245 e. The first kappa shape index (κ1) is 27.7. The second-order valence-electron chi connectivity index (χ2n) is 10.9. The number of fused-ring (bicyclic) bond motifs is 2. The zero-order valence-corrected chi connectivity index (χ0v) is 22.7. The Morgan fingerprint density at radius 2 is 1.82 bits per heavy atom. The first-order valence-electron chi connectivity index (χ1n) is 13.1. The van der Waals surface area contributed by atoms with E-state index in [1.807, 2.05) is 24.3 Å².